The van der Waals surface area contributed by atoms with Crippen molar-refractivity contribution in [2.24, 2.45) is 5.92 Å². The zero-order valence-corrected chi connectivity index (χ0v) is 20.2. The molecule has 0 aliphatic heterocycles. The van der Waals surface area contributed by atoms with Crippen LogP contribution in [-0.4, -0.2) is 47.7 Å². The molecule has 34 heavy (non-hydrogen) atoms. The van der Waals surface area contributed by atoms with Crippen molar-refractivity contribution in [1.82, 2.24) is 14.5 Å². The van der Waals surface area contributed by atoms with E-state index in [9.17, 15) is 9.59 Å². The predicted molar refractivity (Wildman–Crippen MR) is 132 cm³/mol. The molecule has 7 nitrogen and oxygen atoms in total. The van der Waals surface area contributed by atoms with E-state index >= 15 is 0 Å². The van der Waals surface area contributed by atoms with E-state index in [0.29, 0.717) is 41.3 Å². The molecule has 2 aromatic carbocycles. The van der Waals surface area contributed by atoms with Crippen LogP contribution in [0.4, 0.5) is 0 Å². The maximum atomic E-state index is 13.8. The summed E-state index contributed by atoms with van der Waals surface area (Å²) in [4.78, 5) is 34.2. The number of aromatic nitrogens is 2. The van der Waals surface area contributed by atoms with Crippen molar-refractivity contribution in [1.29, 1.82) is 0 Å². The molecule has 1 heterocycles. The molecule has 0 spiro atoms. The summed E-state index contributed by atoms with van der Waals surface area (Å²) in [5.74, 6) is 1.18. The first-order valence-electron chi connectivity index (χ1n) is 12.0. The minimum atomic E-state index is -0.438. The Morgan fingerprint density at radius 3 is 2.53 bits per heavy atom. The van der Waals surface area contributed by atoms with Crippen LogP contribution in [0.15, 0.2) is 53.3 Å². The normalized spacial score (nSPS) is 15.3. The standard InChI is InChI=1S/C27H33N3O4/c1-19(29(17-18-33-2)26(31)20-11-5-4-6-12-20)25-28-22-14-8-7-13-21(22)27(32)30(25)23-15-9-10-16-24(23)34-3/h7-10,13-16,19-20H,4-6,11-12,17-18H2,1-3H3. The van der Waals surface area contributed by atoms with Gasteiger partial charge in [0.25, 0.3) is 5.56 Å². The molecule has 1 atom stereocenters. The lowest BCUT2D eigenvalue weighted by Gasteiger charge is -2.34. The van der Waals surface area contributed by atoms with Crippen LogP contribution in [0.25, 0.3) is 16.6 Å². The molecule has 0 bridgehead atoms. The number of amides is 1. The summed E-state index contributed by atoms with van der Waals surface area (Å²) in [6.07, 6.45) is 5.13. The average molecular weight is 464 g/mol. The van der Waals surface area contributed by atoms with Gasteiger partial charge in [0.2, 0.25) is 5.91 Å². The van der Waals surface area contributed by atoms with Gasteiger partial charge in [0.15, 0.2) is 0 Å². The van der Waals surface area contributed by atoms with Crippen LogP contribution >= 0.6 is 0 Å². The predicted octanol–water partition coefficient (Wildman–Crippen LogP) is 4.51. The highest BCUT2D eigenvalue weighted by Gasteiger charge is 2.32. The highest BCUT2D eigenvalue weighted by atomic mass is 16.5. The highest BCUT2D eigenvalue weighted by Crippen LogP contribution is 2.31. The van der Waals surface area contributed by atoms with Crippen LogP contribution < -0.4 is 10.3 Å². The Balaban J connectivity index is 1.88. The number of benzene rings is 2. The fourth-order valence-corrected chi connectivity index (χ4v) is 4.89. The molecular formula is C27H33N3O4. The third kappa shape index (κ3) is 4.71. The van der Waals surface area contributed by atoms with E-state index in [-0.39, 0.29) is 17.4 Å². The summed E-state index contributed by atoms with van der Waals surface area (Å²) < 4.78 is 12.5. The molecule has 1 aliphatic rings. The quantitative estimate of drug-likeness (QED) is 0.491. The van der Waals surface area contributed by atoms with Gasteiger partial charge < -0.3 is 14.4 Å². The van der Waals surface area contributed by atoms with Gasteiger partial charge in [-0.05, 0) is 44.0 Å². The summed E-state index contributed by atoms with van der Waals surface area (Å²) in [6, 6.07) is 14.3. The number of rotatable bonds is 8. The molecule has 7 heteroatoms. The largest absolute Gasteiger partial charge is 0.495 e. The first-order chi connectivity index (χ1) is 16.6. The van der Waals surface area contributed by atoms with Crippen LogP contribution in [0.3, 0.4) is 0 Å². The molecule has 180 valence electrons. The third-order valence-electron chi connectivity index (χ3n) is 6.74. The molecule has 3 aromatic rings. The number of para-hydroxylation sites is 3. The maximum Gasteiger partial charge on any atom is 0.266 e. The van der Waals surface area contributed by atoms with Crippen LogP contribution in [0, 0.1) is 5.92 Å². The molecule has 1 saturated carbocycles. The lowest BCUT2D eigenvalue weighted by Crippen LogP contribution is -2.42. The topological polar surface area (TPSA) is 73.7 Å². The van der Waals surface area contributed by atoms with Gasteiger partial charge >= 0.3 is 0 Å². The van der Waals surface area contributed by atoms with E-state index in [1.165, 1.54) is 6.42 Å². The average Bonchev–Trinajstić information content (AvgIpc) is 2.89. The monoisotopic (exact) mass is 463 g/mol. The fourth-order valence-electron chi connectivity index (χ4n) is 4.89. The van der Waals surface area contributed by atoms with E-state index in [0.717, 1.165) is 25.7 Å². The molecular weight excluding hydrogens is 430 g/mol. The van der Waals surface area contributed by atoms with Crippen LogP contribution in [0.1, 0.15) is 50.9 Å². The number of fused-ring (bicyclic) bond motifs is 1. The summed E-state index contributed by atoms with van der Waals surface area (Å²) in [5, 5.41) is 0.520. The van der Waals surface area contributed by atoms with E-state index in [1.807, 2.05) is 54.3 Å². The van der Waals surface area contributed by atoms with Gasteiger partial charge in [-0.2, -0.15) is 0 Å². The van der Waals surface area contributed by atoms with Crippen molar-refractivity contribution in [2.75, 3.05) is 27.4 Å². The molecule has 4 rings (SSSR count). The minimum absolute atomic E-state index is 0.0000501. The summed E-state index contributed by atoms with van der Waals surface area (Å²) in [6.45, 7) is 2.79. The summed E-state index contributed by atoms with van der Waals surface area (Å²) in [5.41, 5.74) is 1.03. The van der Waals surface area contributed by atoms with Crippen molar-refractivity contribution >= 4 is 16.8 Å². The summed E-state index contributed by atoms with van der Waals surface area (Å²) in [7, 11) is 3.21. The highest BCUT2D eigenvalue weighted by molar-refractivity contribution is 5.80. The molecule has 0 N–H and O–H groups in total. The number of nitrogens with zero attached hydrogens (tertiary/aromatic N) is 3. The number of carbonyl (C=O) groups excluding carboxylic acids is 1. The van der Waals surface area contributed by atoms with E-state index < -0.39 is 6.04 Å². The third-order valence-corrected chi connectivity index (χ3v) is 6.74. The fraction of sp³-hybridized carbons (Fsp3) is 0.444. The van der Waals surface area contributed by atoms with Gasteiger partial charge in [0.05, 0.1) is 36.3 Å². The van der Waals surface area contributed by atoms with Gasteiger partial charge in [-0.15, -0.1) is 0 Å². The summed E-state index contributed by atoms with van der Waals surface area (Å²) >= 11 is 0. The van der Waals surface area contributed by atoms with E-state index in [2.05, 4.69) is 0 Å². The lowest BCUT2D eigenvalue weighted by atomic mass is 9.88. The van der Waals surface area contributed by atoms with Gasteiger partial charge in [-0.3, -0.25) is 14.2 Å². The number of hydrogen-bond donors (Lipinski definition) is 0. The number of hydrogen-bond acceptors (Lipinski definition) is 5. The molecule has 1 unspecified atom stereocenters. The molecule has 1 fully saturated rings. The number of methoxy groups -OCH3 is 2. The Hall–Kier alpha value is -3.19. The lowest BCUT2D eigenvalue weighted by molar-refractivity contribution is -0.139. The Morgan fingerprint density at radius 2 is 1.79 bits per heavy atom. The van der Waals surface area contributed by atoms with Crippen molar-refractivity contribution in [2.45, 2.75) is 45.1 Å². The molecule has 0 radical (unpaired) electrons. The van der Waals surface area contributed by atoms with Crippen molar-refractivity contribution < 1.29 is 14.3 Å². The van der Waals surface area contributed by atoms with Crippen LogP contribution in [-0.2, 0) is 9.53 Å². The number of carbonyl (C=O) groups is 1. The van der Waals surface area contributed by atoms with E-state index in [4.69, 9.17) is 14.5 Å². The molecule has 1 aliphatic carbocycles. The number of ether oxygens (including phenoxy) is 2. The Kier molecular flexibility index (Phi) is 7.63. The molecule has 1 aromatic heterocycles. The van der Waals surface area contributed by atoms with Crippen molar-refractivity contribution in [3.63, 3.8) is 0 Å². The first kappa shape index (κ1) is 24.0. The Labute approximate surface area is 200 Å². The second kappa shape index (κ2) is 10.8. The van der Waals surface area contributed by atoms with Crippen LogP contribution in [0.5, 0.6) is 5.75 Å². The smallest absolute Gasteiger partial charge is 0.266 e. The Bertz CT molecular complexity index is 1200. The van der Waals surface area contributed by atoms with Gasteiger partial charge in [0, 0.05) is 19.6 Å². The van der Waals surface area contributed by atoms with Gasteiger partial charge in [-0.25, -0.2) is 4.98 Å². The first-order valence-corrected chi connectivity index (χ1v) is 12.0. The zero-order valence-electron chi connectivity index (χ0n) is 20.2. The minimum Gasteiger partial charge on any atom is -0.495 e. The molecule has 1 amide bonds. The Morgan fingerprint density at radius 1 is 1.09 bits per heavy atom. The SMILES string of the molecule is COCCN(C(=O)C1CCCCC1)C(C)c1nc2ccccc2c(=O)n1-c1ccccc1OC. The molecule has 0 saturated heterocycles. The zero-order chi connectivity index (χ0) is 24.1. The van der Waals surface area contributed by atoms with Crippen molar-refractivity contribution in [3.8, 4) is 11.4 Å². The second-order valence-corrected chi connectivity index (χ2v) is 8.83. The maximum absolute atomic E-state index is 13.8. The second-order valence-electron chi connectivity index (χ2n) is 8.83. The van der Waals surface area contributed by atoms with E-state index in [1.54, 1.807) is 24.9 Å². The van der Waals surface area contributed by atoms with Gasteiger partial charge in [0.1, 0.15) is 11.6 Å². The van der Waals surface area contributed by atoms with Gasteiger partial charge in [-0.1, -0.05) is 43.5 Å². The van der Waals surface area contributed by atoms with Crippen molar-refractivity contribution in [3.05, 3.63) is 64.7 Å². The van der Waals surface area contributed by atoms with Crippen LogP contribution in [0.2, 0.25) is 0 Å².